The van der Waals surface area contributed by atoms with Gasteiger partial charge in [0.2, 0.25) is 0 Å². The second-order valence-electron chi connectivity index (χ2n) is 4.44. The number of imide groups is 1. The summed E-state index contributed by atoms with van der Waals surface area (Å²) in [5.74, 6) is 0.473. The molecule has 2 rings (SSSR count). The summed E-state index contributed by atoms with van der Waals surface area (Å²) in [6.45, 7) is 2.65. The van der Waals surface area contributed by atoms with Crippen LogP contribution in [0, 0.1) is 0 Å². The first-order valence-electron chi connectivity index (χ1n) is 6.22. The van der Waals surface area contributed by atoms with Crippen LogP contribution in [-0.2, 0) is 4.79 Å². The van der Waals surface area contributed by atoms with E-state index in [1.807, 2.05) is 12.1 Å². The van der Waals surface area contributed by atoms with Crippen LogP contribution in [0.15, 0.2) is 22.7 Å². The number of nitrogens with zero attached hydrogens (tertiary/aromatic N) is 1. The Morgan fingerprint density at radius 3 is 2.85 bits per heavy atom. The van der Waals surface area contributed by atoms with E-state index < -0.39 is 6.04 Å². The van der Waals surface area contributed by atoms with Gasteiger partial charge >= 0.3 is 6.03 Å². The summed E-state index contributed by atoms with van der Waals surface area (Å²) in [4.78, 5) is 24.8. The summed E-state index contributed by atoms with van der Waals surface area (Å²) < 4.78 is 5.94. The van der Waals surface area contributed by atoms with Crippen molar-refractivity contribution in [2.75, 3.05) is 25.5 Å². The standard InChI is InChI=1S/C13H16BrN3O3/c1-8(12(18)17-6-5-15-13(17)19)16-9-3-4-11(20-2)10(14)7-9/h3-4,7-8,16H,5-6H2,1-2H3,(H,15,19)/t8-/m0/s1. The minimum absolute atomic E-state index is 0.244. The van der Waals surface area contributed by atoms with Crippen molar-refractivity contribution in [2.45, 2.75) is 13.0 Å². The lowest BCUT2D eigenvalue weighted by molar-refractivity contribution is -0.128. The number of amides is 3. The number of hydrogen-bond acceptors (Lipinski definition) is 4. The van der Waals surface area contributed by atoms with Crippen LogP contribution in [-0.4, -0.2) is 43.1 Å². The number of ether oxygens (including phenoxy) is 1. The molecule has 1 aromatic rings. The zero-order valence-electron chi connectivity index (χ0n) is 11.3. The van der Waals surface area contributed by atoms with Gasteiger partial charge in [0.15, 0.2) is 0 Å². The Labute approximate surface area is 125 Å². The monoisotopic (exact) mass is 341 g/mol. The lowest BCUT2D eigenvalue weighted by Crippen LogP contribution is -2.43. The Balaban J connectivity index is 2.03. The molecule has 1 aliphatic heterocycles. The molecule has 0 spiro atoms. The molecule has 0 unspecified atom stereocenters. The van der Waals surface area contributed by atoms with Crippen LogP contribution < -0.4 is 15.4 Å². The van der Waals surface area contributed by atoms with Gasteiger partial charge in [-0.05, 0) is 41.1 Å². The molecule has 0 bridgehead atoms. The van der Waals surface area contributed by atoms with Crippen molar-refractivity contribution >= 4 is 33.6 Å². The quantitative estimate of drug-likeness (QED) is 0.876. The summed E-state index contributed by atoms with van der Waals surface area (Å²) in [6.07, 6.45) is 0. The number of hydrogen-bond donors (Lipinski definition) is 2. The minimum Gasteiger partial charge on any atom is -0.496 e. The summed E-state index contributed by atoms with van der Waals surface area (Å²) in [7, 11) is 1.59. The van der Waals surface area contributed by atoms with Crippen molar-refractivity contribution in [3.63, 3.8) is 0 Å². The molecule has 0 radical (unpaired) electrons. The number of carbonyl (C=O) groups excluding carboxylic acids is 2. The predicted molar refractivity (Wildman–Crippen MR) is 78.9 cm³/mol. The highest BCUT2D eigenvalue weighted by atomic mass is 79.9. The van der Waals surface area contributed by atoms with Crippen LogP contribution in [0.2, 0.25) is 0 Å². The van der Waals surface area contributed by atoms with E-state index >= 15 is 0 Å². The molecule has 6 nitrogen and oxygen atoms in total. The predicted octanol–water partition coefficient (Wildman–Crippen LogP) is 1.81. The van der Waals surface area contributed by atoms with Crippen LogP contribution in [0.5, 0.6) is 5.75 Å². The fourth-order valence-corrected chi connectivity index (χ4v) is 2.52. The molecule has 1 aliphatic rings. The molecule has 0 aliphatic carbocycles. The molecular formula is C13H16BrN3O3. The molecule has 2 N–H and O–H groups in total. The van der Waals surface area contributed by atoms with E-state index in [0.29, 0.717) is 18.8 Å². The van der Waals surface area contributed by atoms with Crippen molar-refractivity contribution in [3.8, 4) is 5.75 Å². The van der Waals surface area contributed by atoms with Gasteiger partial charge in [0, 0.05) is 18.8 Å². The topological polar surface area (TPSA) is 70.7 Å². The van der Waals surface area contributed by atoms with Crippen LogP contribution in [0.1, 0.15) is 6.92 Å². The number of nitrogens with one attached hydrogen (secondary N) is 2. The number of anilines is 1. The number of urea groups is 1. The van der Waals surface area contributed by atoms with Gasteiger partial charge < -0.3 is 15.4 Å². The summed E-state index contributed by atoms with van der Waals surface area (Å²) in [5, 5.41) is 5.68. The van der Waals surface area contributed by atoms with Gasteiger partial charge in [0.25, 0.3) is 5.91 Å². The third-order valence-electron chi connectivity index (χ3n) is 3.03. The van der Waals surface area contributed by atoms with E-state index in [0.717, 1.165) is 10.2 Å². The largest absolute Gasteiger partial charge is 0.496 e. The van der Waals surface area contributed by atoms with Gasteiger partial charge in [-0.3, -0.25) is 9.69 Å². The molecule has 20 heavy (non-hydrogen) atoms. The summed E-state index contributed by atoms with van der Waals surface area (Å²) >= 11 is 3.39. The van der Waals surface area contributed by atoms with Gasteiger partial charge in [-0.15, -0.1) is 0 Å². The second-order valence-corrected chi connectivity index (χ2v) is 5.29. The Morgan fingerprint density at radius 1 is 1.55 bits per heavy atom. The average molecular weight is 342 g/mol. The molecule has 1 heterocycles. The number of benzene rings is 1. The van der Waals surface area contributed by atoms with E-state index in [-0.39, 0.29) is 11.9 Å². The Bertz CT molecular complexity index is 536. The molecule has 1 atom stereocenters. The van der Waals surface area contributed by atoms with Crippen LogP contribution in [0.4, 0.5) is 10.5 Å². The van der Waals surface area contributed by atoms with Crippen LogP contribution in [0.25, 0.3) is 0 Å². The first-order valence-corrected chi connectivity index (χ1v) is 7.01. The van der Waals surface area contributed by atoms with Gasteiger partial charge in [-0.1, -0.05) is 0 Å². The van der Waals surface area contributed by atoms with E-state index in [2.05, 4.69) is 26.6 Å². The fraction of sp³-hybridized carbons (Fsp3) is 0.385. The number of halogens is 1. The highest BCUT2D eigenvalue weighted by Crippen LogP contribution is 2.28. The van der Waals surface area contributed by atoms with Gasteiger partial charge in [0.05, 0.1) is 11.6 Å². The second kappa shape index (κ2) is 6.13. The average Bonchev–Trinajstić information content (AvgIpc) is 2.84. The molecule has 1 fully saturated rings. The Hall–Kier alpha value is -1.76. The van der Waals surface area contributed by atoms with Crippen LogP contribution >= 0.6 is 15.9 Å². The lowest BCUT2D eigenvalue weighted by atomic mass is 10.2. The van der Waals surface area contributed by atoms with Gasteiger partial charge in [-0.2, -0.15) is 0 Å². The Kier molecular flexibility index (Phi) is 4.49. The molecule has 3 amide bonds. The summed E-state index contributed by atoms with van der Waals surface area (Å²) in [5.41, 5.74) is 0.776. The molecule has 1 saturated heterocycles. The third kappa shape index (κ3) is 3.04. The first kappa shape index (κ1) is 14.6. The Morgan fingerprint density at radius 2 is 2.30 bits per heavy atom. The van der Waals surface area contributed by atoms with E-state index in [1.165, 1.54) is 4.90 Å². The molecule has 0 aromatic heterocycles. The van der Waals surface area contributed by atoms with E-state index in [9.17, 15) is 9.59 Å². The fourth-order valence-electron chi connectivity index (χ4n) is 1.98. The zero-order chi connectivity index (χ0) is 14.7. The smallest absolute Gasteiger partial charge is 0.324 e. The number of rotatable bonds is 4. The third-order valence-corrected chi connectivity index (χ3v) is 3.65. The summed E-state index contributed by atoms with van der Waals surface area (Å²) in [6, 6.07) is 4.62. The van der Waals surface area contributed by atoms with Crippen LogP contribution in [0.3, 0.4) is 0 Å². The normalized spacial score (nSPS) is 15.8. The molecule has 7 heteroatoms. The van der Waals surface area contributed by atoms with Crippen molar-refractivity contribution in [2.24, 2.45) is 0 Å². The molecule has 1 aromatic carbocycles. The number of carbonyl (C=O) groups is 2. The zero-order valence-corrected chi connectivity index (χ0v) is 12.9. The first-order chi connectivity index (χ1) is 9.52. The lowest BCUT2D eigenvalue weighted by Gasteiger charge is -2.20. The highest BCUT2D eigenvalue weighted by Gasteiger charge is 2.29. The molecule has 108 valence electrons. The maximum Gasteiger partial charge on any atom is 0.324 e. The van der Waals surface area contributed by atoms with Gasteiger partial charge in [-0.25, -0.2) is 4.79 Å². The SMILES string of the molecule is COc1ccc(N[C@@H](C)C(=O)N2CCNC2=O)cc1Br. The number of methoxy groups -OCH3 is 1. The van der Waals surface area contributed by atoms with Gasteiger partial charge in [0.1, 0.15) is 11.8 Å². The van der Waals surface area contributed by atoms with Crippen molar-refractivity contribution < 1.29 is 14.3 Å². The maximum absolute atomic E-state index is 12.1. The van der Waals surface area contributed by atoms with Crippen molar-refractivity contribution in [1.29, 1.82) is 0 Å². The minimum atomic E-state index is -0.487. The highest BCUT2D eigenvalue weighted by molar-refractivity contribution is 9.10. The van der Waals surface area contributed by atoms with Crippen molar-refractivity contribution in [3.05, 3.63) is 22.7 Å². The van der Waals surface area contributed by atoms with Crippen molar-refractivity contribution in [1.82, 2.24) is 10.2 Å². The van der Waals surface area contributed by atoms with E-state index in [1.54, 1.807) is 20.1 Å². The molecular weight excluding hydrogens is 326 g/mol. The molecule has 0 saturated carbocycles. The van der Waals surface area contributed by atoms with E-state index in [4.69, 9.17) is 4.74 Å². The maximum atomic E-state index is 12.1.